The van der Waals surface area contributed by atoms with Crippen LogP contribution in [0.2, 0.25) is 0 Å². The van der Waals surface area contributed by atoms with Crippen molar-refractivity contribution in [3.63, 3.8) is 0 Å². The van der Waals surface area contributed by atoms with Gasteiger partial charge in [-0.3, -0.25) is 4.57 Å². The molecule has 0 radical (unpaired) electrons. The summed E-state index contributed by atoms with van der Waals surface area (Å²) in [7, 11) is 0. The number of para-hydroxylation sites is 1. The first kappa shape index (κ1) is 25.0. The molecule has 0 saturated heterocycles. The molecule has 0 atom stereocenters. The molecule has 0 aliphatic rings. The molecule has 9 aromatic rings. The van der Waals surface area contributed by atoms with Gasteiger partial charge >= 0.3 is 0 Å². The maximum atomic E-state index is 5.10. The number of thiophene rings is 1. The minimum atomic E-state index is 0.918. The van der Waals surface area contributed by atoms with Gasteiger partial charge in [0.1, 0.15) is 5.82 Å². The predicted octanol–water partition coefficient (Wildman–Crippen LogP) is 11.5. The number of fused-ring (bicyclic) bond motifs is 6. The highest BCUT2D eigenvalue weighted by atomic mass is 32.1. The molecular weight excluding hydrogens is 553 g/mol. The Balaban J connectivity index is 1.21. The monoisotopic (exact) mass is 578 g/mol. The normalized spacial score (nSPS) is 11.6. The van der Waals surface area contributed by atoms with E-state index in [-0.39, 0.29) is 0 Å². The summed E-state index contributed by atoms with van der Waals surface area (Å²) in [5.41, 5.74) is 9.39. The second kappa shape index (κ2) is 10.0. The third-order valence-electron chi connectivity index (χ3n) is 8.63. The Morgan fingerprint density at radius 3 is 1.68 bits per heavy atom. The quantitative estimate of drug-likeness (QED) is 0.203. The Bertz CT molecular complexity index is 2410. The summed E-state index contributed by atoms with van der Waals surface area (Å²) in [5, 5.41) is 5.11. The van der Waals surface area contributed by atoms with E-state index in [4.69, 9.17) is 4.98 Å². The first-order chi connectivity index (χ1) is 21.8. The van der Waals surface area contributed by atoms with Crippen LogP contribution in [0.1, 0.15) is 0 Å². The summed E-state index contributed by atoms with van der Waals surface area (Å²) in [6.45, 7) is 0. The molecule has 6 aromatic carbocycles. The highest BCUT2D eigenvalue weighted by molar-refractivity contribution is 7.25. The van der Waals surface area contributed by atoms with Crippen molar-refractivity contribution in [3.8, 4) is 39.2 Å². The number of nitrogens with zero attached hydrogens (tertiary/aromatic N) is 2. The van der Waals surface area contributed by atoms with E-state index in [9.17, 15) is 0 Å². The lowest BCUT2D eigenvalue weighted by Crippen LogP contribution is -1.97. The van der Waals surface area contributed by atoms with E-state index in [1.807, 2.05) is 17.5 Å². The number of rotatable bonds is 4. The standard InChI is InChI=1S/C41H26N2S/c1-3-11-27(12-4-1)30-21-31(28-13-5-2-6-14-28)23-32(22-30)29-19-20-41(42-26-29)43-37-17-9-7-15-33(37)35-25-40-36(24-38(35)43)34-16-8-10-18-39(34)44-40/h1-26H. The van der Waals surface area contributed by atoms with E-state index in [0.29, 0.717) is 0 Å². The maximum Gasteiger partial charge on any atom is 0.137 e. The summed E-state index contributed by atoms with van der Waals surface area (Å²) < 4.78 is 4.95. The molecule has 0 aliphatic carbocycles. The van der Waals surface area contributed by atoms with E-state index in [1.165, 1.54) is 64.2 Å². The van der Waals surface area contributed by atoms with Gasteiger partial charge in [-0.15, -0.1) is 11.3 Å². The van der Waals surface area contributed by atoms with Crippen molar-refractivity contribution in [3.05, 3.63) is 158 Å². The Hall–Kier alpha value is -5.51. The highest BCUT2D eigenvalue weighted by Crippen LogP contribution is 2.40. The SMILES string of the molecule is c1ccc(-c2cc(-c3ccccc3)cc(-c3ccc(-n4c5ccccc5c5cc6sc7ccccc7c6cc54)nc3)c2)cc1. The zero-order chi connectivity index (χ0) is 29.0. The third kappa shape index (κ3) is 4.05. The van der Waals surface area contributed by atoms with Gasteiger partial charge in [-0.25, -0.2) is 4.98 Å². The van der Waals surface area contributed by atoms with Gasteiger partial charge in [-0.05, 0) is 82.4 Å². The van der Waals surface area contributed by atoms with Crippen molar-refractivity contribution in [2.75, 3.05) is 0 Å². The van der Waals surface area contributed by atoms with Gasteiger partial charge in [0, 0.05) is 42.7 Å². The van der Waals surface area contributed by atoms with Crippen molar-refractivity contribution in [2.45, 2.75) is 0 Å². The smallest absolute Gasteiger partial charge is 0.137 e. The van der Waals surface area contributed by atoms with Crippen LogP contribution >= 0.6 is 11.3 Å². The zero-order valence-corrected chi connectivity index (χ0v) is 24.6. The molecule has 44 heavy (non-hydrogen) atoms. The number of hydrogen-bond donors (Lipinski definition) is 0. The third-order valence-corrected chi connectivity index (χ3v) is 9.76. The van der Waals surface area contributed by atoms with Gasteiger partial charge in [0.25, 0.3) is 0 Å². The second-order valence-electron chi connectivity index (χ2n) is 11.3. The molecule has 9 rings (SSSR count). The van der Waals surface area contributed by atoms with E-state index < -0.39 is 0 Å². The van der Waals surface area contributed by atoms with Crippen molar-refractivity contribution in [1.29, 1.82) is 0 Å². The van der Waals surface area contributed by atoms with Crippen LogP contribution in [-0.2, 0) is 0 Å². The van der Waals surface area contributed by atoms with E-state index in [1.54, 1.807) is 0 Å². The lowest BCUT2D eigenvalue weighted by molar-refractivity contribution is 1.08. The first-order valence-corrected chi connectivity index (χ1v) is 15.7. The summed E-state index contributed by atoms with van der Waals surface area (Å²) in [5.74, 6) is 0.918. The average molecular weight is 579 g/mol. The molecule has 3 heteroatoms. The van der Waals surface area contributed by atoms with Crippen LogP contribution in [-0.4, -0.2) is 9.55 Å². The minimum absolute atomic E-state index is 0.918. The summed E-state index contributed by atoms with van der Waals surface area (Å²) >= 11 is 1.86. The van der Waals surface area contributed by atoms with Crippen molar-refractivity contribution in [1.82, 2.24) is 9.55 Å². The van der Waals surface area contributed by atoms with Gasteiger partial charge in [0.15, 0.2) is 0 Å². The largest absolute Gasteiger partial charge is 0.294 e. The van der Waals surface area contributed by atoms with E-state index >= 15 is 0 Å². The Morgan fingerprint density at radius 1 is 0.386 bits per heavy atom. The predicted molar refractivity (Wildman–Crippen MR) is 188 cm³/mol. The summed E-state index contributed by atoms with van der Waals surface area (Å²) in [6.07, 6.45) is 2.02. The fraction of sp³-hybridized carbons (Fsp3) is 0. The number of aromatic nitrogens is 2. The fourth-order valence-corrected chi connectivity index (χ4v) is 7.64. The van der Waals surface area contributed by atoms with E-state index in [0.717, 1.165) is 16.9 Å². The number of benzene rings is 6. The fourth-order valence-electron chi connectivity index (χ4n) is 6.51. The van der Waals surface area contributed by atoms with Crippen LogP contribution in [0.25, 0.3) is 81.2 Å². The lowest BCUT2D eigenvalue weighted by atomic mass is 9.94. The summed E-state index contributed by atoms with van der Waals surface area (Å²) in [6, 6.07) is 54.5. The van der Waals surface area contributed by atoms with Gasteiger partial charge < -0.3 is 0 Å². The number of pyridine rings is 1. The molecule has 0 N–H and O–H groups in total. The average Bonchev–Trinajstić information content (AvgIpc) is 3.63. The van der Waals surface area contributed by atoms with Crippen LogP contribution in [0.5, 0.6) is 0 Å². The maximum absolute atomic E-state index is 5.10. The van der Waals surface area contributed by atoms with Crippen LogP contribution in [0.4, 0.5) is 0 Å². The molecule has 3 heterocycles. The molecule has 0 unspecified atom stereocenters. The Morgan fingerprint density at radius 2 is 1.00 bits per heavy atom. The van der Waals surface area contributed by atoms with E-state index in [2.05, 4.69) is 156 Å². The Labute approximate surface area is 259 Å². The zero-order valence-electron chi connectivity index (χ0n) is 23.8. The van der Waals surface area contributed by atoms with Crippen LogP contribution in [0.3, 0.4) is 0 Å². The highest BCUT2D eigenvalue weighted by Gasteiger charge is 2.16. The lowest BCUT2D eigenvalue weighted by Gasteiger charge is -2.12. The topological polar surface area (TPSA) is 17.8 Å². The second-order valence-corrected chi connectivity index (χ2v) is 12.3. The van der Waals surface area contributed by atoms with Crippen LogP contribution in [0.15, 0.2) is 158 Å². The van der Waals surface area contributed by atoms with Gasteiger partial charge in [-0.2, -0.15) is 0 Å². The molecule has 0 aliphatic heterocycles. The molecule has 206 valence electrons. The van der Waals surface area contributed by atoms with Crippen molar-refractivity contribution < 1.29 is 0 Å². The van der Waals surface area contributed by atoms with Crippen molar-refractivity contribution in [2.24, 2.45) is 0 Å². The molecular formula is C41H26N2S. The van der Waals surface area contributed by atoms with Crippen LogP contribution < -0.4 is 0 Å². The van der Waals surface area contributed by atoms with Crippen LogP contribution in [0, 0.1) is 0 Å². The molecule has 0 spiro atoms. The minimum Gasteiger partial charge on any atom is -0.294 e. The molecule has 3 aromatic heterocycles. The molecule has 0 amide bonds. The van der Waals surface area contributed by atoms with Gasteiger partial charge in [-0.1, -0.05) is 97.1 Å². The molecule has 0 bridgehead atoms. The first-order valence-electron chi connectivity index (χ1n) is 14.9. The van der Waals surface area contributed by atoms with Crippen molar-refractivity contribution >= 4 is 53.3 Å². The Kier molecular flexibility index (Phi) is 5.71. The molecule has 2 nitrogen and oxygen atoms in total. The van der Waals surface area contributed by atoms with Gasteiger partial charge in [0.05, 0.1) is 11.0 Å². The molecule has 0 saturated carbocycles. The van der Waals surface area contributed by atoms with Gasteiger partial charge in [0.2, 0.25) is 0 Å². The number of hydrogen-bond acceptors (Lipinski definition) is 2. The summed E-state index contributed by atoms with van der Waals surface area (Å²) in [4.78, 5) is 5.10. The molecule has 0 fully saturated rings.